The molecule has 1 aromatic rings. The molecule has 20 heavy (non-hydrogen) atoms. The highest BCUT2D eigenvalue weighted by Crippen LogP contribution is 2.52. The summed E-state index contributed by atoms with van der Waals surface area (Å²) in [4.78, 5) is 0. The molecule has 1 unspecified atom stereocenters. The highest BCUT2D eigenvalue weighted by molar-refractivity contribution is 5.25. The van der Waals surface area contributed by atoms with Gasteiger partial charge < -0.3 is 15.5 Å². The molecule has 1 heterocycles. The average molecular weight is 287 g/mol. The van der Waals surface area contributed by atoms with Gasteiger partial charge in [0.25, 0.3) is 0 Å². The maximum absolute atomic E-state index is 14.7. The number of hydrogen-bond acceptors (Lipinski definition) is 3. The molecule has 1 aromatic carbocycles. The zero-order chi connectivity index (χ0) is 14.5. The average Bonchev–Trinajstić information content (AvgIpc) is 3.14. The van der Waals surface area contributed by atoms with Gasteiger partial charge in [-0.3, -0.25) is 0 Å². The Kier molecular flexibility index (Phi) is 3.27. The van der Waals surface area contributed by atoms with Crippen molar-refractivity contribution in [2.45, 2.75) is 36.8 Å². The SMILES string of the molecule is O[C@H]1[C@H](O)CNC2(CC2)[C@@H]1C(F)c1cc(F)cc(F)c1. The molecule has 1 saturated carbocycles. The molecule has 3 N–H and O–H groups in total. The van der Waals surface area contributed by atoms with Crippen LogP contribution in [-0.2, 0) is 0 Å². The standard InChI is InChI=1S/C14H16F3NO2/c15-8-3-7(4-9(16)5-8)12(17)11-13(20)10(19)6-18-14(11)1-2-14/h3-5,10-13,18-20H,1-2,6H2/t10-,11-,12?,13+/m1/s1. The van der Waals surface area contributed by atoms with Gasteiger partial charge in [0, 0.05) is 24.1 Å². The number of aliphatic hydroxyl groups is 2. The summed E-state index contributed by atoms with van der Waals surface area (Å²) in [6.07, 6.45) is -2.71. The van der Waals surface area contributed by atoms with Crippen LogP contribution in [0.2, 0.25) is 0 Å². The van der Waals surface area contributed by atoms with E-state index in [0.717, 1.165) is 12.1 Å². The fourth-order valence-corrected chi connectivity index (χ4v) is 3.15. The molecule has 3 nitrogen and oxygen atoms in total. The Morgan fingerprint density at radius 2 is 1.75 bits per heavy atom. The molecule has 4 atom stereocenters. The smallest absolute Gasteiger partial charge is 0.132 e. The van der Waals surface area contributed by atoms with Crippen molar-refractivity contribution in [1.82, 2.24) is 5.32 Å². The first-order chi connectivity index (χ1) is 9.43. The summed E-state index contributed by atoms with van der Waals surface area (Å²) < 4.78 is 41.1. The number of hydrogen-bond donors (Lipinski definition) is 3. The normalized spacial score (nSPS) is 33.1. The summed E-state index contributed by atoms with van der Waals surface area (Å²) in [6, 6.07) is 2.53. The van der Waals surface area contributed by atoms with E-state index < -0.39 is 41.5 Å². The number of β-amino-alcohol motifs (C(OH)–C–C–N with tert-alkyl or cyclic N) is 1. The van der Waals surface area contributed by atoms with Crippen molar-refractivity contribution in [3.63, 3.8) is 0 Å². The lowest BCUT2D eigenvalue weighted by Gasteiger charge is -2.41. The largest absolute Gasteiger partial charge is 0.390 e. The van der Waals surface area contributed by atoms with E-state index >= 15 is 0 Å². The van der Waals surface area contributed by atoms with Crippen LogP contribution in [0.5, 0.6) is 0 Å². The number of benzene rings is 1. The molecule has 1 spiro atoms. The van der Waals surface area contributed by atoms with Crippen LogP contribution < -0.4 is 5.32 Å². The number of rotatable bonds is 2. The zero-order valence-corrected chi connectivity index (χ0v) is 10.7. The third-order valence-corrected chi connectivity index (χ3v) is 4.37. The van der Waals surface area contributed by atoms with Gasteiger partial charge in [0.15, 0.2) is 0 Å². The van der Waals surface area contributed by atoms with E-state index in [1.807, 2.05) is 0 Å². The molecule has 2 aliphatic rings. The summed E-state index contributed by atoms with van der Waals surface area (Å²) in [5, 5.41) is 22.8. The van der Waals surface area contributed by atoms with Gasteiger partial charge >= 0.3 is 0 Å². The Morgan fingerprint density at radius 1 is 1.15 bits per heavy atom. The van der Waals surface area contributed by atoms with E-state index in [0.29, 0.717) is 18.9 Å². The van der Waals surface area contributed by atoms with Gasteiger partial charge in [-0.1, -0.05) is 0 Å². The van der Waals surface area contributed by atoms with Crippen molar-refractivity contribution in [2.75, 3.05) is 6.54 Å². The molecule has 3 rings (SSSR count). The molecule has 1 aliphatic carbocycles. The van der Waals surface area contributed by atoms with Crippen molar-refractivity contribution in [2.24, 2.45) is 5.92 Å². The van der Waals surface area contributed by atoms with Crippen molar-refractivity contribution < 1.29 is 23.4 Å². The Bertz CT molecular complexity index is 501. The monoisotopic (exact) mass is 287 g/mol. The second kappa shape index (κ2) is 4.72. The van der Waals surface area contributed by atoms with E-state index in [2.05, 4.69) is 5.32 Å². The number of aliphatic hydroxyl groups excluding tert-OH is 2. The van der Waals surface area contributed by atoms with Gasteiger partial charge in [-0.2, -0.15) is 0 Å². The maximum Gasteiger partial charge on any atom is 0.132 e. The maximum atomic E-state index is 14.7. The van der Waals surface area contributed by atoms with E-state index in [4.69, 9.17) is 0 Å². The van der Waals surface area contributed by atoms with Crippen LogP contribution >= 0.6 is 0 Å². The second-order valence-corrected chi connectivity index (χ2v) is 5.73. The van der Waals surface area contributed by atoms with E-state index in [9.17, 15) is 23.4 Å². The minimum absolute atomic E-state index is 0.145. The quantitative estimate of drug-likeness (QED) is 0.771. The molecule has 1 saturated heterocycles. The first kappa shape index (κ1) is 13.9. The third-order valence-electron chi connectivity index (χ3n) is 4.37. The highest BCUT2D eigenvalue weighted by Gasteiger charge is 2.59. The predicted molar refractivity (Wildman–Crippen MR) is 65.7 cm³/mol. The first-order valence-corrected chi connectivity index (χ1v) is 6.64. The van der Waals surface area contributed by atoms with Gasteiger partial charge in [0.2, 0.25) is 0 Å². The molecule has 0 amide bonds. The van der Waals surface area contributed by atoms with E-state index in [-0.39, 0.29) is 12.1 Å². The van der Waals surface area contributed by atoms with Crippen LogP contribution in [0.1, 0.15) is 24.6 Å². The first-order valence-electron chi connectivity index (χ1n) is 6.64. The van der Waals surface area contributed by atoms with Crippen molar-refractivity contribution >= 4 is 0 Å². The van der Waals surface area contributed by atoms with Crippen LogP contribution in [0.4, 0.5) is 13.2 Å². The van der Waals surface area contributed by atoms with Gasteiger partial charge in [-0.15, -0.1) is 0 Å². The van der Waals surface area contributed by atoms with Crippen molar-refractivity contribution in [3.05, 3.63) is 35.4 Å². The summed E-state index contributed by atoms with van der Waals surface area (Å²) in [5.41, 5.74) is -0.713. The predicted octanol–water partition coefficient (Wildman–Crippen LogP) is 1.45. The molecule has 1 aliphatic heterocycles. The van der Waals surface area contributed by atoms with Gasteiger partial charge in [0.1, 0.15) is 17.8 Å². The molecule has 6 heteroatoms. The molecule has 0 radical (unpaired) electrons. The van der Waals surface area contributed by atoms with Crippen LogP contribution in [-0.4, -0.2) is 34.5 Å². The molecule has 0 aromatic heterocycles. The number of piperidine rings is 1. The molecular formula is C14H16F3NO2. The van der Waals surface area contributed by atoms with Gasteiger partial charge in [0.05, 0.1) is 12.2 Å². The zero-order valence-electron chi connectivity index (χ0n) is 10.7. The minimum atomic E-state index is -1.74. The van der Waals surface area contributed by atoms with Crippen LogP contribution in [0, 0.1) is 17.6 Å². The Morgan fingerprint density at radius 3 is 2.30 bits per heavy atom. The second-order valence-electron chi connectivity index (χ2n) is 5.73. The molecule has 2 fully saturated rings. The summed E-state index contributed by atoms with van der Waals surface area (Å²) in [6.45, 7) is 0.196. The van der Waals surface area contributed by atoms with E-state index in [1.165, 1.54) is 0 Å². The minimum Gasteiger partial charge on any atom is -0.390 e. The Labute approximate surface area is 114 Å². The summed E-state index contributed by atoms with van der Waals surface area (Å²) >= 11 is 0. The lowest BCUT2D eigenvalue weighted by atomic mass is 9.78. The number of nitrogens with one attached hydrogen (secondary N) is 1. The fraction of sp³-hybridized carbons (Fsp3) is 0.571. The highest BCUT2D eigenvalue weighted by atomic mass is 19.1. The lowest BCUT2D eigenvalue weighted by molar-refractivity contribution is -0.0822. The summed E-state index contributed by atoms with van der Waals surface area (Å²) in [7, 11) is 0. The third kappa shape index (κ3) is 2.21. The topological polar surface area (TPSA) is 52.5 Å². The van der Waals surface area contributed by atoms with Gasteiger partial charge in [-0.25, -0.2) is 13.2 Å². The number of alkyl halides is 1. The Balaban J connectivity index is 1.93. The molecular weight excluding hydrogens is 271 g/mol. The molecule has 110 valence electrons. The summed E-state index contributed by atoms with van der Waals surface area (Å²) in [5.74, 6) is -2.62. The molecule has 0 bridgehead atoms. The van der Waals surface area contributed by atoms with Crippen LogP contribution in [0.3, 0.4) is 0 Å². The van der Waals surface area contributed by atoms with Crippen LogP contribution in [0.15, 0.2) is 18.2 Å². The lowest BCUT2D eigenvalue weighted by Crippen LogP contribution is -2.59. The van der Waals surface area contributed by atoms with E-state index in [1.54, 1.807) is 0 Å². The van der Waals surface area contributed by atoms with Crippen molar-refractivity contribution in [1.29, 1.82) is 0 Å². The van der Waals surface area contributed by atoms with Crippen molar-refractivity contribution in [3.8, 4) is 0 Å². The number of halogens is 3. The Hall–Kier alpha value is -1.11. The van der Waals surface area contributed by atoms with Crippen LogP contribution in [0.25, 0.3) is 0 Å². The fourth-order valence-electron chi connectivity index (χ4n) is 3.15. The van der Waals surface area contributed by atoms with Gasteiger partial charge in [-0.05, 0) is 30.5 Å².